The molecule has 1 aliphatic rings. The first kappa shape index (κ1) is 19.4. The number of rotatable bonds is 6. The van der Waals surface area contributed by atoms with E-state index < -0.39 is 5.41 Å². The Hall–Kier alpha value is -2.36. The number of benzene rings is 2. The Bertz CT molecular complexity index is 823. The molecule has 1 heterocycles. The predicted octanol–water partition coefficient (Wildman–Crippen LogP) is 4.67. The second kappa shape index (κ2) is 8.12. The molecule has 4 nitrogen and oxygen atoms in total. The molecule has 2 atom stereocenters. The van der Waals surface area contributed by atoms with Gasteiger partial charge in [0.25, 0.3) is 0 Å². The Morgan fingerprint density at radius 2 is 2.04 bits per heavy atom. The molecule has 0 saturated carbocycles. The van der Waals surface area contributed by atoms with Crippen molar-refractivity contribution in [3.8, 4) is 0 Å². The fourth-order valence-electron chi connectivity index (χ4n) is 3.73. The molecule has 1 aliphatic heterocycles. The number of hydrazone groups is 1. The molecule has 144 valence electrons. The van der Waals surface area contributed by atoms with Gasteiger partial charge in [-0.25, -0.2) is 0 Å². The molecule has 2 aromatic rings. The summed E-state index contributed by atoms with van der Waals surface area (Å²) in [7, 11) is 1.44. The molecule has 1 fully saturated rings. The lowest BCUT2D eigenvalue weighted by atomic mass is 9.81. The monoisotopic (exact) mass is 366 g/mol. The Balaban J connectivity index is 1.73. The van der Waals surface area contributed by atoms with Gasteiger partial charge in [-0.15, -0.1) is 0 Å². The normalized spacial score (nSPS) is 19.0. The largest absolute Gasteiger partial charge is 0.469 e. The van der Waals surface area contributed by atoms with E-state index in [2.05, 4.69) is 47.5 Å². The topological polar surface area (TPSA) is 41.9 Å². The van der Waals surface area contributed by atoms with Crippen LogP contribution < -0.4 is 0 Å². The Kier molecular flexibility index (Phi) is 5.83. The summed E-state index contributed by atoms with van der Waals surface area (Å²) >= 11 is 0. The van der Waals surface area contributed by atoms with Gasteiger partial charge in [0, 0.05) is 18.7 Å². The number of fused-ring (bicyclic) bond motifs is 1. The van der Waals surface area contributed by atoms with E-state index in [0.29, 0.717) is 6.04 Å². The van der Waals surface area contributed by atoms with Crippen molar-refractivity contribution in [3.63, 3.8) is 0 Å². The summed E-state index contributed by atoms with van der Waals surface area (Å²) in [5.41, 5.74) is 0.798. The Labute approximate surface area is 162 Å². The molecule has 4 heteroatoms. The average molecular weight is 367 g/mol. The van der Waals surface area contributed by atoms with Gasteiger partial charge < -0.3 is 4.74 Å². The fourth-order valence-corrected chi connectivity index (χ4v) is 3.73. The van der Waals surface area contributed by atoms with Crippen LogP contribution in [0.4, 0.5) is 0 Å². The van der Waals surface area contributed by atoms with Gasteiger partial charge in [-0.3, -0.25) is 9.80 Å². The maximum atomic E-state index is 12.0. The van der Waals surface area contributed by atoms with Crippen LogP contribution in [0.25, 0.3) is 10.8 Å². The van der Waals surface area contributed by atoms with E-state index in [-0.39, 0.29) is 11.9 Å². The highest BCUT2D eigenvalue weighted by atomic mass is 16.5. The minimum absolute atomic E-state index is 0.00348. The molecule has 0 spiro atoms. The summed E-state index contributed by atoms with van der Waals surface area (Å²) in [6.45, 7) is 6.81. The number of methoxy groups -OCH3 is 1. The SMILES string of the molecule is COC(=O)C(C)(C)C(C)/C=N/N1CCC[C@H]1Cc1cccc2ccccc12. The van der Waals surface area contributed by atoms with Crippen LogP contribution in [0.2, 0.25) is 0 Å². The second-order valence-electron chi connectivity index (χ2n) is 8.07. The summed E-state index contributed by atoms with van der Waals surface area (Å²) in [5, 5.41) is 9.58. The van der Waals surface area contributed by atoms with Crippen LogP contribution in [0.1, 0.15) is 39.2 Å². The maximum Gasteiger partial charge on any atom is 0.311 e. The number of ether oxygens (including phenoxy) is 1. The number of esters is 1. The number of nitrogens with zero attached hydrogens (tertiary/aromatic N) is 2. The highest BCUT2D eigenvalue weighted by Gasteiger charge is 2.34. The average Bonchev–Trinajstić information content (AvgIpc) is 3.12. The standard InChI is InChI=1S/C23H30N2O2/c1-17(23(2,3)22(26)27-4)16-24-25-14-8-12-20(25)15-19-11-7-10-18-9-5-6-13-21(18)19/h5-7,9-11,13,16-17,20H,8,12,14-15H2,1-4H3/b24-16+/t17?,20-/m0/s1. The molecule has 2 aromatic carbocycles. The molecule has 0 aliphatic carbocycles. The van der Waals surface area contributed by atoms with Crippen molar-refractivity contribution < 1.29 is 9.53 Å². The lowest BCUT2D eigenvalue weighted by molar-refractivity contribution is -0.152. The van der Waals surface area contributed by atoms with Gasteiger partial charge in [-0.2, -0.15) is 5.10 Å². The molecule has 0 bridgehead atoms. The van der Waals surface area contributed by atoms with Crippen molar-refractivity contribution in [2.45, 2.75) is 46.1 Å². The molecule has 27 heavy (non-hydrogen) atoms. The summed E-state index contributed by atoms with van der Waals surface area (Å²) in [5.74, 6) is -0.195. The minimum Gasteiger partial charge on any atom is -0.469 e. The van der Waals surface area contributed by atoms with Crippen molar-refractivity contribution in [1.82, 2.24) is 5.01 Å². The quantitative estimate of drug-likeness (QED) is 0.551. The van der Waals surface area contributed by atoms with Gasteiger partial charge >= 0.3 is 5.97 Å². The van der Waals surface area contributed by atoms with E-state index in [9.17, 15) is 4.79 Å². The summed E-state index contributed by atoms with van der Waals surface area (Å²) in [6.07, 6.45) is 5.21. The van der Waals surface area contributed by atoms with Crippen molar-refractivity contribution in [2.75, 3.05) is 13.7 Å². The zero-order valence-corrected chi connectivity index (χ0v) is 16.8. The molecule has 0 aromatic heterocycles. The second-order valence-corrected chi connectivity index (χ2v) is 8.07. The van der Waals surface area contributed by atoms with Crippen LogP contribution in [0, 0.1) is 11.3 Å². The third-order valence-electron chi connectivity index (χ3n) is 5.97. The van der Waals surface area contributed by atoms with E-state index in [1.165, 1.54) is 23.4 Å². The zero-order valence-electron chi connectivity index (χ0n) is 16.8. The van der Waals surface area contributed by atoms with E-state index in [1.807, 2.05) is 27.0 Å². The number of hydrogen-bond donors (Lipinski definition) is 0. The van der Waals surface area contributed by atoms with Gasteiger partial charge in [0.15, 0.2) is 0 Å². The fraction of sp³-hybridized carbons (Fsp3) is 0.478. The summed E-state index contributed by atoms with van der Waals surface area (Å²) < 4.78 is 4.93. The Morgan fingerprint density at radius 3 is 2.81 bits per heavy atom. The number of carbonyl (C=O) groups is 1. The molecule has 1 unspecified atom stereocenters. The van der Waals surface area contributed by atoms with Crippen LogP contribution in [0.3, 0.4) is 0 Å². The van der Waals surface area contributed by atoms with Gasteiger partial charge in [-0.05, 0) is 49.4 Å². The molecular weight excluding hydrogens is 336 g/mol. The molecule has 0 N–H and O–H groups in total. The van der Waals surface area contributed by atoms with E-state index in [1.54, 1.807) is 0 Å². The van der Waals surface area contributed by atoms with Crippen LogP contribution in [-0.4, -0.2) is 36.9 Å². The molecular formula is C23H30N2O2. The highest BCUT2D eigenvalue weighted by molar-refractivity contribution is 5.85. The molecule has 0 radical (unpaired) electrons. The van der Waals surface area contributed by atoms with E-state index in [0.717, 1.165) is 25.8 Å². The summed E-state index contributed by atoms with van der Waals surface area (Å²) in [6, 6.07) is 15.5. The first-order valence-corrected chi connectivity index (χ1v) is 9.79. The summed E-state index contributed by atoms with van der Waals surface area (Å²) in [4.78, 5) is 12.0. The maximum absolute atomic E-state index is 12.0. The van der Waals surface area contributed by atoms with Crippen molar-refractivity contribution in [1.29, 1.82) is 0 Å². The lowest BCUT2D eigenvalue weighted by Crippen LogP contribution is -2.34. The van der Waals surface area contributed by atoms with Crippen LogP contribution >= 0.6 is 0 Å². The van der Waals surface area contributed by atoms with Gasteiger partial charge in [-0.1, -0.05) is 49.4 Å². The molecule has 3 rings (SSSR count). The van der Waals surface area contributed by atoms with Crippen LogP contribution in [-0.2, 0) is 16.0 Å². The zero-order chi connectivity index (χ0) is 19.4. The molecule has 1 saturated heterocycles. The van der Waals surface area contributed by atoms with E-state index >= 15 is 0 Å². The van der Waals surface area contributed by atoms with Crippen LogP contribution in [0.5, 0.6) is 0 Å². The predicted molar refractivity (Wildman–Crippen MR) is 111 cm³/mol. The Morgan fingerprint density at radius 1 is 1.30 bits per heavy atom. The van der Waals surface area contributed by atoms with Crippen molar-refractivity contribution in [2.24, 2.45) is 16.4 Å². The smallest absolute Gasteiger partial charge is 0.311 e. The van der Waals surface area contributed by atoms with Crippen LogP contribution in [0.15, 0.2) is 47.6 Å². The number of carbonyl (C=O) groups excluding carboxylic acids is 1. The van der Waals surface area contributed by atoms with Crippen molar-refractivity contribution in [3.05, 3.63) is 48.0 Å². The first-order chi connectivity index (χ1) is 12.9. The van der Waals surface area contributed by atoms with Gasteiger partial charge in [0.2, 0.25) is 0 Å². The highest BCUT2D eigenvalue weighted by Crippen LogP contribution is 2.29. The number of hydrogen-bond acceptors (Lipinski definition) is 4. The molecule has 0 amide bonds. The third-order valence-corrected chi connectivity index (χ3v) is 5.97. The van der Waals surface area contributed by atoms with E-state index in [4.69, 9.17) is 9.84 Å². The van der Waals surface area contributed by atoms with Crippen molar-refractivity contribution >= 4 is 23.0 Å². The van der Waals surface area contributed by atoms with Gasteiger partial charge in [0.05, 0.1) is 18.6 Å². The minimum atomic E-state index is -0.580. The third kappa shape index (κ3) is 4.15. The lowest BCUT2D eigenvalue weighted by Gasteiger charge is -2.27. The van der Waals surface area contributed by atoms with Gasteiger partial charge in [0.1, 0.15) is 0 Å². The first-order valence-electron chi connectivity index (χ1n) is 9.79.